The van der Waals surface area contributed by atoms with E-state index in [9.17, 15) is 4.79 Å². The number of amides is 1. The highest BCUT2D eigenvalue weighted by molar-refractivity contribution is 5.84. The molecular formula is C23H26N4O3. The molecule has 1 heterocycles. The van der Waals surface area contributed by atoms with Gasteiger partial charge in [0, 0.05) is 11.3 Å². The fourth-order valence-corrected chi connectivity index (χ4v) is 2.94. The molecule has 0 aliphatic heterocycles. The molecule has 0 spiro atoms. The number of benzene rings is 2. The lowest BCUT2D eigenvalue weighted by Gasteiger charge is -2.06. The van der Waals surface area contributed by atoms with Crippen LogP contribution in [-0.4, -0.2) is 35.6 Å². The molecule has 7 nitrogen and oxygen atoms in total. The van der Waals surface area contributed by atoms with Gasteiger partial charge in [-0.1, -0.05) is 29.8 Å². The van der Waals surface area contributed by atoms with E-state index in [0.29, 0.717) is 12.3 Å². The standard InChI is InChI=1S/C23H26N4O3/c1-16-5-7-19(8-6-16)14-27-18(3)22(17(2)26-27)13-24-25-23(28)15-30-21-11-9-20(29-4)10-12-21/h5-13H,14-15H2,1-4H3,(H,25,28)/b24-13+. The highest BCUT2D eigenvalue weighted by Gasteiger charge is 2.10. The SMILES string of the molecule is COc1ccc(OCC(=O)N/N=C/c2c(C)nn(Cc3ccc(C)cc3)c2C)cc1. The van der Waals surface area contributed by atoms with Crippen molar-refractivity contribution in [1.29, 1.82) is 0 Å². The third kappa shape index (κ3) is 5.47. The Bertz CT molecular complexity index is 1020. The number of hydrazone groups is 1. The summed E-state index contributed by atoms with van der Waals surface area (Å²) in [4.78, 5) is 12.0. The molecule has 2 aromatic carbocycles. The van der Waals surface area contributed by atoms with Crippen molar-refractivity contribution in [2.45, 2.75) is 27.3 Å². The minimum atomic E-state index is -0.343. The lowest BCUT2D eigenvalue weighted by atomic mass is 10.1. The maximum absolute atomic E-state index is 12.0. The van der Waals surface area contributed by atoms with Gasteiger partial charge in [-0.25, -0.2) is 5.43 Å². The molecule has 0 bridgehead atoms. The summed E-state index contributed by atoms with van der Waals surface area (Å²) in [5.74, 6) is 0.966. The molecule has 7 heteroatoms. The zero-order chi connectivity index (χ0) is 21.5. The van der Waals surface area contributed by atoms with Crippen LogP contribution in [-0.2, 0) is 11.3 Å². The lowest BCUT2D eigenvalue weighted by Crippen LogP contribution is -2.24. The van der Waals surface area contributed by atoms with Crippen molar-refractivity contribution in [3.05, 3.63) is 76.6 Å². The summed E-state index contributed by atoms with van der Waals surface area (Å²) >= 11 is 0. The Morgan fingerprint density at radius 3 is 2.40 bits per heavy atom. The number of methoxy groups -OCH3 is 1. The third-order valence-electron chi connectivity index (χ3n) is 4.70. The molecule has 30 heavy (non-hydrogen) atoms. The largest absolute Gasteiger partial charge is 0.497 e. The smallest absolute Gasteiger partial charge is 0.277 e. The van der Waals surface area contributed by atoms with Gasteiger partial charge in [0.1, 0.15) is 11.5 Å². The summed E-state index contributed by atoms with van der Waals surface area (Å²) in [5.41, 5.74) is 7.62. The van der Waals surface area contributed by atoms with E-state index in [4.69, 9.17) is 9.47 Å². The maximum atomic E-state index is 12.0. The number of rotatable bonds is 8. The summed E-state index contributed by atoms with van der Waals surface area (Å²) in [6, 6.07) is 15.4. The van der Waals surface area contributed by atoms with Gasteiger partial charge in [-0.05, 0) is 50.6 Å². The van der Waals surface area contributed by atoms with Crippen LogP contribution in [0.2, 0.25) is 0 Å². The molecule has 3 aromatic rings. The molecule has 0 unspecified atom stereocenters. The van der Waals surface area contributed by atoms with Crippen LogP contribution in [0.1, 0.15) is 28.1 Å². The van der Waals surface area contributed by atoms with Gasteiger partial charge in [-0.2, -0.15) is 10.2 Å². The number of ether oxygens (including phenoxy) is 2. The van der Waals surface area contributed by atoms with Gasteiger partial charge >= 0.3 is 0 Å². The molecule has 1 N–H and O–H groups in total. The molecule has 0 atom stereocenters. The van der Waals surface area contributed by atoms with E-state index in [2.05, 4.69) is 46.8 Å². The van der Waals surface area contributed by atoms with Crippen LogP contribution in [0.5, 0.6) is 11.5 Å². The first-order chi connectivity index (χ1) is 14.5. The van der Waals surface area contributed by atoms with Crippen LogP contribution in [0.15, 0.2) is 53.6 Å². The van der Waals surface area contributed by atoms with Crippen molar-refractivity contribution in [2.75, 3.05) is 13.7 Å². The van der Waals surface area contributed by atoms with Crippen molar-refractivity contribution in [2.24, 2.45) is 5.10 Å². The van der Waals surface area contributed by atoms with Crippen molar-refractivity contribution in [3.63, 3.8) is 0 Å². The molecular weight excluding hydrogens is 380 g/mol. The Labute approximate surface area is 176 Å². The van der Waals surface area contributed by atoms with E-state index < -0.39 is 0 Å². The van der Waals surface area contributed by atoms with E-state index in [1.54, 1.807) is 37.6 Å². The van der Waals surface area contributed by atoms with Crippen LogP contribution < -0.4 is 14.9 Å². The van der Waals surface area contributed by atoms with Crippen LogP contribution in [0.4, 0.5) is 0 Å². The zero-order valence-electron chi connectivity index (χ0n) is 17.7. The van der Waals surface area contributed by atoms with Gasteiger partial charge in [0.25, 0.3) is 5.91 Å². The topological polar surface area (TPSA) is 77.7 Å². The average molecular weight is 406 g/mol. The summed E-state index contributed by atoms with van der Waals surface area (Å²) < 4.78 is 12.5. The second-order valence-electron chi connectivity index (χ2n) is 6.99. The van der Waals surface area contributed by atoms with Gasteiger partial charge < -0.3 is 9.47 Å². The highest BCUT2D eigenvalue weighted by Crippen LogP contribution is 2.17. The van der Waals surface area contributed by atoms with Crippen molar-refractivity contribution in [1.82, 2.24) is 15.2 Å². The number of aryl methyl sites for hydroxylation is 2. The Kier molecular flexibility index (Phi) is 6.85. The normalized spacial score (nSPS) is 10.9. The van der Waals surface area contributed by atoms with E-state index >= 15 is 0 Å². The quantitative estimate of drug-likeness (QED) is 0.459. The summed E-state index contributed by atoms with van der Waals surface area (Å²) in [7, 11) is 1.59. The third-order valence-corrected chi connectivity index (χ3v) is 4.70. The van der Waals surface area contributed by atoms with Crippen molar-refractivity contribution < 1.29 is 14.3 Å². The average Bonchev–Trinajstić information content (AvgIpc) is 3.01. The van der Waals surface area contributed by atoms with Crippen molar-refractivity contribution >= 4 is 12.1 Å². The molecule has 0 saturated carbocycles. The maximum Gasteiger partial charge on any atom is 0.277 e. The molecule has 0 aliphatic carbocycles. The number of carbonyl (C=O) groups is 1. The molecule has 0 fully saturated rings. The molecule has 0 saturated heterocycles. The summed E-state index contributed by atoms with van der Waals surface area (Å²) in [6.07, 6.45) is 1.62. The summed E-state index contributed by atoms with van der Waals surface area (Å²) in [5, 5.41) is 8.65. The monoisotopic (exact) mass is 406 g/mol. The Balaban J connectivity index is 1.55. The first kappa shape index (κ1) is 21.1. The Morgan fingerprint density at radius 2 is 1.73 bits per heavy atom. The van der Waals surface area contributed by atoms with Crippen LogP contribution in [0.3, 0.4) is 0 Å². The molecule has 156 valence electrons. The van der Waals surface area contributed by atoms with E-state index in [-0.39, 0.29) is 12.5 Å². The first-order valence-electron chi connectivity index (χ1n) is 9.64. The van der Waals surface area contributed by atoms with Gasteiger partial charge in [-0.15, -0.1) is 0 Å². The minimum Gasteiger partial charge on any atom is -0.497 e. The van der Waals surface area contributed by atoms with Gasteiger partial charge in [0.15, 0.2) is 6.61 Å². The number of nitrogens with one attached hydrogen (secondary N) is 1. The number of hydrogen-bond donors (Lipinski definition) is 1. The Hall–Kier alpha value is -3.61. The molecule has 0 radical (unpaired) electrons. The number of nitrogens with zero attached hydrogens (tertiary/aromatic N) is 3. The second kappa shape index (κ2) is 9.73. The lowest BCUT2D eigenvalue weighted by molar-refractivity contribution is -0.123. The fraction of sp³-hybridized carbons (Fsp3) is 0.261. The predicted molar refractivity (Wildman–Crippen MR) is 116 cm³/mol. The van der Waals surface area contributed by atoms with E-state index in [1.165, 1.54) is 11.1 Å². The minimum absolute atomic E-state index is 0.131. The van der Waals surface area contributed by atoms with Crippen molar-refractivity contribution in [3.8, 4) is 11.5 Å². The van der Waals surface area contributed by atoms with Gasteiger partial charge in [0.05, 0.1) is 25.6 Å². The van der Waals surface area contributed by atoms with Crippen LogP contribution in [0.25, 0.3) is 0 Å². The van der Waals surface area contributed by atoms with Gasteiger partial charge in [0.2, 0.25) is 0 Å². The molecule has 1 amide bonds. The Morgan fingerprint density at radius 1 is 1.07 bits per heavy atom. The number of hydrogen-bond acceptors (Lipinski definition) is 5. The predicted octanol–water partition coefficient (Wildman–Crippen LogP) is 3.39. The van der Waals surface area contributed by atoms with Gasteiger partial charge in [-0.3, -0.25) is 9.48 Å². The van der Waals surface area contributed by atoms with Crippen LogP contribution >= 0.6 is 0 Å². The molecule has 0 aliphatic rings. The summed E-state index contributed by atoms with van der Waals surface area (Å²) in [6.45, 7) is 6.54. The molecule has 3 rings (SSSR count). The first-order valence-corrected chi connectivity index (χ1v) is 9.64. The van der Waals surface area contributed by atoms with E-state index in [1.807, 2.05) is 18.5 Å². The number of aromatic nitrogens is 2. The van der Waals surface area contributed by atoms with E-state index in [0.717, 1.165) is 22.7 Å². The van der Waals surface area contributed by atoms with Crippen LogP contribution in [0, 0.1) is 20.8 Å². The fourth-order valence-electron chi connectivity index (χ4n) is 2.94. The zero-order valence-corrected chi connectivity index (χ0v) is 17.7. The molecule has 1 aromatic heterocycles. The highest BCUT2D eigenvalue weighted by atomic mass is 16.5. The number of carbonyl (C=O) groups excluding carboxylic acids is 1. The second-order valence-corrected chi connectivity index (χ2v) is 6.99.